The van der Waals surface area contributed by atoms with Gasteiger partial charge >= 0.3 is 11.9 Å². The first-order valence-corrected chi connectivity index (χ1v) is 13.2. The molecular weight excluding hydrogens is 570 g/mol. The van der Waals surface area contributed by atoms with E-state index in [1.165, 1.54) is 14.2 Å². The fraction of sp³-hybridized carbons (Fsp3) is 0.200. The molecule has 0 fully saturated rings. The van der Waals surface area contributed by atoms with E-state index in [2.05, 4.69) is 15.9 Å². The van der Waals surface area contributed by atoms with E-state index in [0.717, 1.165) is 29.1 Å². The van der Waals surface area contributed by atoms with Crippen molar-refractivity contribution in [3.63, 3.8) is 0 Å². The molecule has 4 rings (SSSR count). The first kappa shape index (κ1) is 25.7. The number of halogens is 1. The van der Waals surface area contributed by atoms with Crippen molar-refractivity contribution in [2.75, 3.05) is 19.1 Å². The Hall–Kier alpha value is -2.40. The number of benzene rings is 2. The van der Waals surface area contributed by atoms with E-state index in [4.69, 9.17) is 21.7 Å². The Bertz CT molecular complexity index is 1320. The number of fused-ring (bicyclic) bond motifs is 1. The van der Waals surface area contributed by atoms with Crippen molar-refractivity contribution < 1.29 is 23.9 Å². The number of para-hydroxylation sites is 1. The number of thioether (sulfide) groups is 2. The minimum Gasteiger partial charge on any atom is -0.465 e. The van der Waals surface area contributed by atoms with E-state index >= 15 is 0 Å². The molecule has 2 aliphatic rings. The molecule has 2 aliphatic heterocycles. The van der Waals surface area contributed by atoms with Crippen molar-refractivity contribution in [3.05, 3.63) is 78.2 Å². The highest BCUT2D eigenvalue weighted by Crippen LogP contribution is 2.56. The van der Waals surface area contributed by atoms with Crippen LogP contribution in [0, 0.1) is 0 Å². The van der Waals surface area contributed by atoms with Crippen molar-refractivity contribution in [1.29, 1.82) is 0 Å². The minimum atomic E-state index is -0.890. The summed E-state index contributed by atoms with van der Waals surface area (Å²) in [5, 5.41) is 0. The summed E-state index contributed by atoms with van der Waals surface area (Å²) in [6.07, 6.45) is 0. The molecule has 0 saturated carbocycles. The normalized spacial score (nSPS) is 16.8. The van der Waals surface area contributed by atoms with E-state index in [9.17, 15) is 14.4 Å². The average Bonchev–Trinajstić information content (AvgIpc) is 3.28. The van der Waals surface area contributed by atoms with Gasteiger partial charge in [-0.3, -0.25) is 9.69 Å². The highest BCUT2D eigenvalue weighted by atomic mass is 79.9. The van der Waals surface area contributed by atoms with Crippen LogP contribution in [-0.2, 0) is 19.1 Å². The van der Waals surface area contributed by atoms with Crippen molar-refractivity contribution in [2.45, 2.75) is 19.4 Å². The number of carbonyl (C=O) groups is 3. The number of nitrogens with zero attached hydrogens (tertiary/aromatic N) is 1. The molecule has 0 aliphatic carbocycles. The lowest BCUT2D eigenvalue weighted by Crippen LogP contribution is -2.56. The van der Waals surface area contributed by atoms with Gasteiger partial charge in [-0.05, 0) is 48.0 Å². The van der Waals surface area contributed by atoms with Crippen molar-refractivity contribution in [1.82, 2.24) is 0 Å². The summed E-state index contributed by atoms with van der Waals surface area (Å²) in [6, 6.07) is 14.7. The molecule has 0 N–H and O–H groups in total. The molecule has 0 unspecified atom stereocenters. The lowest BCUT2D eigenvalue weighted by atomic mass is 9.83. The summed E-state index contributed by atoms with van der Waals surface area (Å²) in [7, 11) is 2.52. The van der Waals surface area contributed by atoms with Crippen LogP contribution in [0.3, 0.4) is 0 Å². The summed E-state index contributed by atoms with van der Waals surface area (Å²) >= 11 is 11.7. The van der Waals surface area contributed by atoms with Gasteiger partial charge in [0.1, 0.15) is 9.81 Å². The van der Waals surface area contributed by atoms with Gasteiger partial charge in [-0.1, -0.05) is 66.1 Å². The number of hydrogen-bond donors (Lipinski definition) is 0. The maximum atomic E-state index is 13.8. The zero-order chi connectivity index (χ0) is 25.5. The number of thiocarbonyl (C=S) groups is 1. The zero-order valence-corrected chi connectivity index (χ0v) is 23.2. The number of amides is 1. The monoisotopic (exact) mass is 589 g/mol. The number of methoxy groups -OCH3 is 2. The molecule has 0 bridgehead atoms. The van der Waals surface area contributed by atoms with Crippen LogP contribution in [0.25, 0.3) is 5.57 Å². The van der Waals surface area contributed by atoms with Crippen molar-refractivity contribution in [3.8, 4) is 0 Å². The SMILES string of the molecule is COC(=O)C1=C(C(=O)OC)SC(=C2C(=S)C(C)(C)N(C(=O)c3ccccc3Br)c3ccccc32)S1. The van der Waals surface area contributed by atoms with Gasteiger partial charge in [-0.15, -0.1) is 0 Å². The first-order chi connectivity index (χ1) is 16.6. The molecule has 2 heterocycles. The van der Waals surface area contributed by atoms with Crippen LogP contribution >= 0.6 is 51.7 Å². The van der Waals surface area contributed by atoms with Gasteiger partial charge in [0.15, 0.2) is 0 Å². The lowest BCUT2D eigenvalue weighted by Gasteiger charge is -2.45. The van der Waals surface area contributed by atoms with Gasteiger partial charge in [0.05, 0.1) is 40.1 Å². The molecular formula is C25H20BrNO5S3. The number of hydrogen-bond acceptors (Lipinski definition) is 8. The Balaban J connectivity index is 1.90. The van der Waals surface area contributed by atoms with E-state index in [-0.39, 0.29) is 15.7 Å². The predicted molar refractivity (Wildman–Crippen MR) is 147 cm³/mol. The Labute approximate surface area is 225 Å². The van der Waals surface area contributed by atoms with Gasteiger partial charge in [-0.2, -0.15) is 0 Å². The maximum absolute atomic E-state index is 13.8. The quantitative estimate of drug-likeness (QED) is 0.246. The average molecular weight is 591 g/mol. The lowest BCUT2D eigenvalue weighted by molar-refractivity contribution is -0.138. The fourth-order valence-corrected chi connectivity index (χ4v) is 7.37. The Morgan fingerprint density at radius 3 is 2.03 bits per heavy atom. The third-order valence-corrected chi connectivity index (χ3v) is 9.56. The van der Waals surface area contributed by atoms with Crippen LogP contribution < -0.4 is 4.90 Å². The molecule has 10 heteroatoms. The second kappa shape index (κ2) is 9.93. The summed E-state index contributed by atoms with van der Waals surface area (Å²) in [6.45, 7) is 3.78. The molecule has 2 aromatic carbocycles. The highest BCUT2D eigenvalue weighted by molar-refractivity contribution is 9.10. The topological polar surface area (TPSA) is 72.9 Å². The minimum absolute atomic E-state index is 0.150. The van der Waals surface area contributed by atoms with Crippen LogP contribution in [0.4, 0.5) is 5.69 Å². The summed E-state index contributed by atoms with van der Waals surface area (Å²) in [4.78, 5) is 41.2. The Kier molecular flexibility index (Phi) is 7.28. The molecule has 0 saturated heterocycles. The van der Waals surface area contributed by atoms with Gasteiger partial charge in [0, 0.05) is 15.6 Å². The zero-order valence-electron chi connectivity index (χ0n) is 19.2. The van der Waals surface area contributed by atoms with Crippen LogP contribution in [0.5, 0.6) is 0 Å². The van der Waals surface area contributed by atoms with Crippen LogP contribution in [-0.4, -0.2) is 42.5 Å². The fourth-order valence-electron chi connectivity index (χ4n) is 3.89. The third kappa shape index (κ3) is 4.37. The van der Waals surface area contributed by atoms with Crippen LogP contribution in [0.2, 0.25) is 0 Å². The third-order valence-electron chi connectivity index (χ3n) is 5.60. The standard InChI is InChI=1S/C25H20BrNO5S3/c1-25(2)20(33)17(24-34-18(22(29)31-3)19(35-24)23(30)32-4)14-10-6-8-12-16(14)27(25)21(28)13-9-5-7-11-15(13)26/h5-12H,1-4H3. The summed E-state index contributed by atoms with van der Waals surface area (Å²) in [5.74, 6) is -1.45. The summed E-state index contributed by atoms with van der Waals surface area (Å²) < 4.78 is 11.1. The number of ether oxygens (including phenoxy) is 2. The highest BCUT2D eigenvalue weighted by Gasteiger charge is 2.46. The number of esters is 2. The smallest absolute Gasteiger partial charge is 0.346 e. The number of rotatable bonds is 3. The van der Waals surface area contributed by atoms with E-state index < -0.39 is 17.5 Å². The van der Waals surface area contributed by atoms with Crippen molar-refractivity contribution in [2.24, 2.45) is 0 Å². The van der Waals surface area contributed by atoms with Crippen LogP contribution in [0.1, 0.15) is 29.8 Å². The van der Waals surface area contributed by atoms with Gasteiger partial charge < -0.3 is 9.47 Å². The molecule has 1 amide bonds. The molecule has 0 spiro atoms. The summed E-state index contributed by atoms with van der Waals surface area (Å²) in [5.41, 5.74) is 1.75. The largest absolute Gasteiger partial charge is 0.465 e. The van der Waals surface area contributed by atoms with E-state index in [1.54, 1.807) is 11.0 Å². The maximum Gasteiger partial charge on any atom is 0.346 e. The van der Waals surface area contributed by atoms with Crippen molar-refractivity contribution >= 4 is 85.6 Å². The van der Waals surface area contributed by atoms with Crippen LogP contribution in [0.15, 0.2) is 67.1 Å². The van der Waals surface area contributed by atoms with Gasteiger partial charge in [0.2, 0.25) is 0 Å². The molecule has 0 atom stereocenters. The van der Waals surface area contributed by atoms with E-state index in [1.807, 2.05) is 56.3 Å². The van der Waals surface area contributed by atoms with Gasteiger partial charge in [0.25, 0.3) is 5.91 Å². The Morgan fingerprint density at radius 2 is 1.46 bits per heavy atom. The van der Waals surface area contributed by atoms with E-state index in [0.29, 0.717) is 30.4 Å². The second-order valence-electron chi connectivity index (χ2n) is 8.03. The molecule has 2 aromatic rings. The molecule has 0 aromatic heterocycles. The molecule has 0 radical (unpaired) electrons. The molecule has 180 valence electrons. The predicted octanol–water partition coefficient (Wildman–Crippen LogP) is 5.96. The van der Waals surface area contributed by atoms with Gasteiger partial charge in [-0.25, -0.2) is 9.59 Å². The number of carbonyl (C=O) groups excluding carboxylic acids is 3. The number of anilines is 1. The first-order valence-electron chi connectivity index (χ1n) is 10.4. The Morgan fingerprint density at radius 1 is 0.914 bits per heavy atom. The molecule has 35 heavy (non-hydrogen) atoms. The molecule has 6 nitrogen and oxygen atoms in total. The second-order valence-corrected chi connectivity index (χ2v) is 11.6.